The van der Waals surface area contributed by atoms with Gasteiger partial charge < -0.3 is 20.6 Å². The Bertz CT molecular complexity index is 1470. The number of likely N-dealkylation sites (tertiary alicyclic amines) is 1. The topological polar surface area (TPSA) is 138 Å². The Morgan fingerprint density at radius 2 is 1.61 bits per heavy atom. The standard InChI is InChI=1S/C29H33Cl2N3O6S/c1-41(39,40)21-10-23(30)26(24(31)11-21)27(36)34-15-18-13-33(14-19(18)16-34)20-6-4-5-17(9-20)22(12-25(32)35)29(28(37)38)7-2-3-8-29/h4-6,9-11,18-19,22H,2-3,7-8,12-16H2,1H3,(H2,32,35)(H,37,38). The Balaban J connectivity index is 1.32. The highest BCUT2D eigenvalue weighted by Crippen LogP contribution is 2.51. The minimum absolute atomic E-state index is 0.00494. The van der Waals surface area contributed by atoms with Crippen molar-refractivity contribution in [3.63, 3.8) is 0 Å². The van der Waals surface area contributed by atoms with Crippen LogP contribution in [0.1, 0.15) is 53.9 Å². The van der Waals surface area contributed by atoms with E-state index < -0.39 is 33.0 Å². The van der Waals surface area contributed by atoms with Crippen LogP contribution in [-0.4, -0.2) is 68.6 Å². The number of primary amides is 1. The number of carboxylic acids is 1. The highest BCUT2D eigenvalue weighted by Gasteiger charge is 2.49. The first-order valence-corrected chi connectivity index (χ1v) is 16.3. The zero-order chi connectivity index (χ0) is 29.7. The lowest BCUT2D eigenvalue weighted by atomic mass is 9.69. The predicted molar refractivity (Wildman–Crippen MR) is 156 cm³/mol. The molecule has 1 aliphatic carbocycles. The second-order valence-electron chi connectivity index (χ2n) is 11.7. The van der Waals surface area contributed by atoms with E-state index in [4.69, 9.17) is 28.9 Å². The van der Waals surface area contributed by atoms with Crippen molar-refractivity contribution in [3.8, 4) is 0 Å². The Morgan fingerprint density at radius 3 is 2.12 bits per heavy atom. The number of benzene rings is 2. The molecule has 2 aliphatic heterocycles. The smallest absolute Gasteiger partial charge is 0.310 e. The number of rotatable bonds is 8. The maximum Gasteiger partial charge on any atom is 0.310 e. The number of carbonyl (C=O) groups is 3. The maximum absolute atomic E-state index is 13.4. The average molecular weight is 623 g/mol. The van der Waals surface area contributed by atoms with E-state index >= 15 is 0 Å². The summed E-state index contributed by atoms with van der Waals surface area (Å²) < 4.78 is 23.8. The van der Waals surface area contributed by atoms with Crippen molar-refractivity contribution < 1.29 is 27.9 Å². The van der Waals surface area contributed by atoms with E-state index in [0.717, 1.165) is 30.3 Å². The van der Waals surface area contributed by atoms with Crippen molar-refractivity contribution in [3.05, 3.63) is 57.6 Å². The fourth-order valence-electron chi connectivity index (χ4n) is 6.99. The summed E-state index contributed by atoms with van der Waals surface area (Å²) >= 11 is 12.6. The largest absolute Gasteiger partial charge is 0.481 e. The lowest BCUT2D eigenvalue weighted by molar-refractivity contribution is -0.150. The molecule has 2 amide bonds. The van der Waals surface area contributed by atoms with Gasteiger partial charge in [-0.05, 0) is 42.7 Å². The normalized spacial score (nSPS) is 22.5. The van der Waals surface area contributed by atoms with Crippen molar-refractivity contribution in [2.75, 3.05) is 37.3 Å². The van der Waals surface area contributed by atoms with Gasteiger partial charge in [0.15, 0.2) is 9.84 Å². The van der Waals surface area contributed by atoms with E-state index in [9.17, 15) is 27.9 Å². The van der Waals surface area contributed by atoms with Gasteiger partial charge >= 0.3 is 5.97 Å². The molecule has 3 N–H and O–H groups in total. The number of halogens is 2. The van der Waals surface area contributed by atoms with Crippen molar-refractivity contribution >= 4 is 56.5 Å². The first-order chi connectivity index (χ1) is 19.3. The van der Waals surface area contributed by atoms with Gasteiger partial charge in [0.2, 0.25) is 5.91 Å². The molecule has 3 atom stereocenters. The van der Waals surface area contributed by atoms with E-state index in [-0.39, 0.29) is 44.7 Å². The monoisotopic (exact) mass is 621 g/mol. The van der Waals surface area contributed by atoms with E-state index in [1.807, 2.05) is 24.3 Å². The summed E-state index contributed by atoms with van der Waals surface area (Å²) in [5, 5.41) is 10.2. The minimum atomic E-state index is -3.53. The third-order valence-electron chi connectivity index (χ3n) is 9.06. The van der Waals surface area contributed by atoms with Gasteiger partial charge in [0.1, 0.15) is 0 Å². The number of hydrogen-bond donors (Lipinski definition) is 2. The number of nitrogens with zero attached hydrogens (tertiary/aromatic N) is 2. The van der Waals surface area contributed by atoms with E-state index in [1.165, 1.54) is 12.1 Å². The number of carboxylic acid groups (broad SMARTS) is 1. The van der Waals surface area contributed by atoms with Crippen LogP contribution in [0.5, 0.6) is 0 Å². The first-order valence-electron chi connectivity index (χ1n) is 13.6. The summed E-state index contributed by atoms with van der Waals surface area (Å²) in [5.74, 6) is -1.81. The lowest BCUT2D eigenvalue weighted by Crippen LogP contribution is -2.37. The molecule has 3 fully saturated rings. The molecule has 2 aromatic carbocycles. The van der Waals surface area contributed by atoms with Gasteiger partial charge in [0.05, 0.1) is 25.9 Å². The van der Waals surface area contributed by atoms with E-state index in [1.54, 1.807) is 4.90 Å². The first kappa shape index (κ1) is 29.7. The van der Waals surface area contributed by atoms with Crippen molar-refractivity contribution in [2.24, 2.45) is 23.0 Å². The summed E-state index contributed by atoms with van der Waals surface area (Å²) in [6, 6.07) is 10.3. The molecule has 0 spiro atoms. The molecule has 5 rings (SSSR count). The van der Waals surface area contributed by atoms with Crippen LogP contribution in [0.15, 0.2) is 41.3 Å². The molecule has 3 unspecified atom stereocenters. The molecule has 1 saturated carbocycles. The van der Waals surface area contributed by atoms with Crippen LogP contribution in [0.25, 0.3) is 0 Å². The number of anilines is 1. The molecule has 41 heavy (non-hydrogen) atoms. The molecule has 3 aliphatic rings. The Hall–Kier alpha value is -2.82. The third-order valence-corrected chi connectivity index (χ3v) is 10.8. The highest BCUT2D eigenvalue weighted by molar-refractivity contribution is 7.90. The summed E-state index contributed by atoms with van der Waals surface area (Å²) in [7, 11) is -3.53. The fourth-order valence-corrected chi connectivity index (χ4v) is 8.43. The van der Waals surface area contributed by atoms with Gasteiger partial charge in [-0.3, -0.25) is 14.4 Å². The van der Waals surface area contributed by atoms with Crippen molar-refractivity contribution in [1.82, 2.24) is 4.90 Å². The molecule has 12 heteroatoms. The number of carbonyl (C=O) groups excluding carboxylic acids is 2. The van der Waals surface area contributed by atoms with Gasteiger partial charge in [-0.15, -0.1) is 0 Å². The fraction of sp³-hybridized carbons (Fsp3) is 0.483. The van der Waals surface area contributed by atoms with Gasteiger partial charge in [-0.2, -0.15) is 0 Å². The van der Waals surface area contributed by atoms with Crippen LogP contribution < -0.4 is 10.6 Å². The lowest BCUT2D eigenvalue weighted by Gasteiger charge is -2.34. The molecule has 220 valence electrons. The molecule has 2 aromatic rings. The minimum Gasteiger partial charge on any atom is -0.481 e. The van der Waals surface area contributed by atoms with Crippen molar-refractivity contribution in [1.29, 1.82) is 0 Å². The molecule has 2 heterocycles. The van der Waals surface area contributed by atoms with Gasteiger partial charge in [-0.25, -0.2) is 8.42 Å². The number of amides is 2. The summed E-state index contributed by atoms with van der Waals surface area (Å²) in [6.07, 6.45) is 3.69. The SMILES string of the molecule is CS(=O)(=O)c1cc(Cl)c(C(=O)N2CC3CN(c4cccc(C(CC(N)=O)C5(C(=O)O)CCCC5)c4)CC3C2)c(Cl)c1. The molecule has 0 aromatic heterocycles. The highest BCUT2D eigenvalue weighted by atomic mass is 35.5. The van der Waals surface area contributed by atoms with Crippen LogP contribution in [0.3, 0.4) is 0 Å². The van der Waals surface area contributed by atoms with Crippen molar-refractivity contribution in [2.45, 2.75) is 42.9 Å². The molecule has 9 nitrogen and oxygen atoms in total. The van der Waals surface area contributed by atoms with E-state index in [2.05, 4.69) is 4.90 Å². The Labute approximate surface area is 249 Å². The number of sulfone groups is 1. The molecular formula is C29H33Cl2N3O6S. The maximum atomic E-state index is 13.4. The van der Waals surface area contributed by atoms with E-state index in [0.29, 0.717) is 39.0 Å². The van der Waals surface area contributed by atoms with Gasteiger partial charge in [-0.1, -0.05) is 48.2 Å². The molecule has 0 bridgehead atoms. The van der Waals surface area contributed by atoms with Gasteiger partial charge in [0.25, 0.3) is 5.91 Å². The quantitative estimate of drug-likeness (QED) is 0.450. The second kappa shape index (κ2) is 11.1. The van der Waals surface area contributed by atoms with Crippen LogP contribution in [0.4, 0.5) is 5.69 Å². The summed E-state index contributed by atoms with van der Waals surface area (Å²) in [5.41, 5.74) is 6.44. The molecule has 2 saturated heterocycles. The predicted octanol–water partition coefficient (Wildman–Crippen LogP) is 4.21. The Morgan fingerprint density at radius 1 is 1.02 bits per heavy atom. The summed E-state index contributed by atoms with van der Waals surface area (Å²) in [4.78, 5) is 41.7. The van der Waals surface area contributed by atoms with Crippen LogP contribution in [-0.2, 0) is 19.4 Å². The van der Waals surface area contributed by atoms with Crippen LogP contribution >= 0.6 is 23.2 Å². The number of aliphatic carboxylic acids is 1. The second-order valence-corrected chi connectivity index (χ2v) is 14.5. The number of hydrogen-bond acceptors (Lipinski definition) is 6. The summed E-state index contributed by atoms with van der Waals surface area (Å²) in [6.45, 7) is 2.42. The van der Waals surface area contributed by atoms with Crippen LogP contribution in [0, 0.1) is 17.3 Å². The van der Waals surface area contributed by atoms with Gasteiger partial charge in [0, 0.05) is 62.3 Å². The third kappa shape index (κ3) is 5.66. The zero-order valence-corrected chi connectivity index (χ0v) is 25.0. The number of fused-ring (bicyclic) bond motifs is 1. The molecular weight excluding hydrogens is 589 g/mol. The number of nitrogens with two attached hydrogens (primary N) is 1. The molecule has 0 radical (unpaired) electrons. The van der Waals surface area contributed by atoms with Crippen LogP contribution in [0.2, 0.25) is 10.0 Å². The zero-order valence-electron chi connectivity index (χ0n) is 22.7. The Kier molecular flexibility index (Phi) is 8.04. The average Bonchev–Trinajstić information content (AvgIpc) is 3.62.